The van der Waals surface area contributed by atoms with Crippen molar-refractivity contribution in [3.63, 3.8) is 0 Å². The maximum Gasteiger partial charge on any atom is 0.251 e. The summed E-state index contributed by atoms with van der Waals surface area (Å²) in [6.07, 6.45) is 0. The van der Waals surface area contributed by atoms with Gasteiger partial charge in [0.05, 0.1) is 6.54 Å². The Morgan fingerprint density at radius 1 is 0.958 bits per heavy atom. The molecule has 0 aromatic heterocycles. The highest BCUT2D eigenvalue weighted by Gasteiger charge is 2.13. The Labute approximate surface area is 150 Å². The lowest BCUT2D eigenvalue weighted by Gasteiger charge is -2.19. The smallest absolute Gasteiger partial charge is 0.251 e. The van der Waals surface area contributed by atoms with Crippen LogP contribution in [0.1, 0.15) is 36.7 Å². The highest BCUT2D eigenvalue weighted by molar-refractivity contribution is 9.10. The highest BCUT2D eigenvalue weighted by Crippen LogP contribution is 2.23. The van der Waals surface area contributed by atoms with Gasteiger partial charge >= 0.3 is 0 Å². The summed E-state index contributed by atoms with van der Waals surface area (Å²) in [7, 11) is 0. The van der Waals surface area contributed by atoms with Crippen LogP contribution in [0.2, 0.25) is 0 Å². The van der Waals surface area contributed by atoms with Crippen LogP contribution in [-0.4, -0.2) is 18.4 Å². The molecule has 0 unspecified atom stereocenters. The van der Waals surface area contributed by atoms with E-state index in [1.54, 1.807) is 24.3 Å². The lowest BCUT2D eigenvalue weighted by molar-refractivity contribution is -0.115. The molecule has 0 saturated heterocycles. The molecule has 2 aromatic rings. The lowest BCUT2D eigenvalue weighted by atomic mass is 9.87. The zero-order valence-electron chi connectivity index (χ0n) is 14.0. The van der Waals surface area contributed by atoms with E-state index < -0.39 is 0 Å². The van der Waals surface area contributed by atoms with Gasteiger partial charge in [-0.25, -0.2) is 0 Å². The van der Waals surface area contributed by atoms with Crippen LogP contribution in [0.25, 0.3) is 0 Å². The zero-order chi connectivity index (χ0) is 17.7. The van der Waals surface area contributed by atoms with Gasteiger partial charge in [0.15, 0.2) is 0 Å². The summed E-state index contributed by atoms with van der Waals surface area (Å²) in [5, 5.41) is 5.38. The van der Waals surface area contributed by atoms with Crippen molar-refractivity contribution in [2.75, 3.05) is 11.9 Å². The van der Waals surface area contributed by atoms with Gasteiger partial charge in [-0.3, -0.25) is 9.59 Å². The fourth-order valence-corrected chi connectivity index (χ4v) is 2.39. The molecule has 0 spiro atoms. The molecule has 2 N–H and O–H groups in total. The Kier molecular flexibility index (Phi) is 5.78. The molecule has 0 aliphatic carbocycles. The monoisotopic (exact) mass is 388 g/mol. The van der Waals surface area contributed by atoms with Crippen LogP contribution in [-0.2, 0) is 10.2 Å². The molecule has 0 aliphatic rings. The normalized spacial score (nSPS) is 11.0. The van der Waals surface area contributed by atoms with E-state index in [1.807, 2.05) is 24.3 Å². The van der Waals surface area contributed by atoms with Crippen LogP contribution in [0.15, 0.2) is 53.0 Å². The molecule has 0 atom stereocenters. The Bertz CT molecular complexity index is 717. The van der Waals surface area contributed by atoms with Crippen LogP contribution < -0.4 is 10.6 Å². The van der Waals surface area contributed by atoms with Gasteiger partial charge in [0.25, 0.3) is 5.91 Å². The van der Waals surface area contributed by atoms with Crippen molar-refractivity contribution in [3.8, 4) is 0 Å². The van der Waals surface area contributed by atoms with Crippen molar-refractivity contribution in [2.24, 2.45) is 0 Å². The number of halogens is 1. The summed E-state index contributed by atoms with van der Waals surface area (Å²) in [4.78, 5) is 23.9. The quantitative estimate of drug-likeness (QED) is 0.827. The first-order chi connectivity index (χ1) is 11.3. The fraction of sp³-hybridized carbons (Fsp3) is 0.263. The number of anilines is 1. The third-order valence-corrected chi connectivity index (χ3v) is 4.08. The molecule has 24 heavy (non-hydrogen) atoms. The molecule has 0 fully saturated rings. The predicted octanol–water partition coefficient (Wildman–Crippen LogP) is 4.12. The number of carbonyl (C=O) groups excluding carboxylic acids is 2. The van der Waals surface area contributed by atoms with Crippen molar-refractivity contribution in [1.82, 2.24) is 5.32 Å². The third-order valence-electron chi connectivity index (χ3n) is 3.55. The average Bonchev–Trinajstić information content (AvgIpc) is 2.53. The van der Waals surface area contributed by atoms with E-state index in [1.165, 1.54) is 5.56 Å². The second-order valence-corrected chi connectivity index (χ2v) is 7.48. The number of hydrogen-bond acceptors (Lipinski definition) is 2. The highest BCUT2D eigenvalue weighted by atomic mass is 79.9. The second kappa shape index (κ2) is 7.62. The topological polar surface area (TPSA) is 58.2 Å². The van der Waals surface area contributed by atoms with Crippen LogP contribution >= 0.6 is 15.9 Å². The van der Waals surface area contributed by atoms with Gasteiger partial charge in [0, 0.05) is 15.7 Å². The number of carbonyl (C=O) groups is 2. The molecule has 0 heterocycles. The maximum atomic E-state index is 12.0. The van der Waals surface area contributed by atoms with Gasteiger partial charge in [-0.2, -0.15) is 0 Å². The van der Waals surface area contributed by atoms with Gasteiger partial charge < -0.3 is 10.6 Å². The number of benzene rings is 2. The first-order valence-electron chi connectivity index (χ1n) is 7.70. The van der Waals surface area contributed by atoms with Crippen molar-refractivity contribution in [3.05, 3.63) is 64.1 Å². The van der Waals surface area contributed by atoms with Crippen LogP contribution in [0.3, 0.4) is 0 Å². The third kappa shape index (κ3) is 5.20. The molecule has 0 saturated carbocycles. The largest absolute Gasteiger partial charge is 0.343 e. The van der Waals surface area contributed by atoms with Crippen LogP contribution in [0, 0.1) is 0 Å². The lowest BCUT2D eigenvalue weighted by Crippen LogP contribution is -2.32. The second-order valence-electron chi connectivity index (χ2n) is 6.57. The Morgan fingerprint density at radius 3 is 2.08 bits per heavy atom. The molecule has 4 nitrogen and oxygen atoms in total. The molecule has 0 radical (unpaired) electrons. The molecule has 0 bridgehead atoms. The maximum absolute atomic E-state index is 12.0. The molecule has 2 amide bonds. The first kappa shape index (κ1) is 18.2. The predicted molar refractivity (Wildman–Crippen MR) is 100 cm³/mol. The molecule has 2 aromatic carbocycles. The Hall–Kier alpha value is -2.14. The minimum absolute atomic E-state index is 0.0706. The molecule has 5 heteroatoms. The van der Waals surface area contributed by atoms with Crippen molar-refractivity contribution < 1.29 is 9.59 Å². The summed E-state index contributed by atoms with van der Waals surface area (Å²) in [5.41, 5.74) is 2.50. The summed E-state index contributed by atoms with van der Waals surface area (Å²) in [5.74, 6) is -0.537. The van der Waals surface area contributed by atoms with Gasteiger partial charge in [-0.1, -0.05) is 48.8 Å². The summed E-state index contributed by atoms with van der Waals surface area (Å²) in [6.45, 7) is 6.34. The van der Waals surface area contributed by atoms with Crippen LogP contribution in [0.5, 0.6) is 0 Å². The number of nitrogens with one attached hydrogen (secondary N) is 2. The average molecular weight is 389 g/mol. The Balaban J connectivity index is 1.87. The van der Waals surface area contributed by atoms with Gasteiger partial charge in [-0.15, -0.1) is 0 Å². The van der Waals surface area contributed by atoms with Crippen molar-refractivity contribution in [1.29, 1.82) is 0 Å². The summed E-state index contributed by atoms with van der Waals surface area (Å²) < 4.78 is 0.899. The van der Waals surface area contributed by atoms with Crippen LogP contribution in [0.4, 0.5) is 5.69 Å². The SMILES string of the molecule is CC(C)(C)c1ccc(NC(=O)CNC(=O)c2ccc(Br)cc2)cc1. The van der Waals surface area contributed by atoms with E-state index in [0.717, 1.165) is 4.47 Å². The molecule has 0 aliphatic heterocycles. The van der Waals surface area contributed by atoms with Gasteiger partial charge in [0.2, 0.25) is 5.91 Å². The molecule has 126 valence electrons. The van der Waals surface area contributed by atoms with E-state index in [2.05, 4.69) is 47.3 Å². The molecular weight excluding hydrogens is 368 g/mol. The minimum Gasteiger partial charge on any atom is -0.343 e. The van der Waals surface area contributed by atoms with E-state index in [9.17, 15) is 9.59 Å². The molecule has 2 rings (SSSR count). The van der Waals surface area contributed by atoms with Crippen molar-refractivity contribution >= 4 is 33.4 Å². The summed E-state index contributed by atoms with van der Waals surface area (Å²) >= 11 is 3.32. The van der Waals surface area contributed by atoms with Gasteiger partial charge in [-0.05, 0) is 47.4 Å². The standard InChI is InChI=1S/C19H21BrN2O2/c1-19(2,3)14-6-10-16(11-7-14)22-17(23)12-21-18(24)13-4-8-15(20)9-5-13/h4-11H,12H2,1-3H3,(H,21,24)(H,22,23). The molecular formula is C19H21BrN2O2. The van der Waals surface area contributed by atoms with Gasteiger partial charge in [0.1, 0.15) is 0 Å². The zero-order valence-corrected chi connectivity index (χ0v) is 15.6. The number of rotatable bonds is 4. The fourth-order valence-electron chi connectivity index (χ4n) is 2.12. The summed E-state index contributed by atoms with van der Waals surface area (Å²) in [6, 6.07) is 14.7. The van der Waals surface area contributed by atoms with E-state index in [0.29, 0.717) is 11.3 Å². The van der Waals surface area contributed by atoms with E-state index >= 15 is 0 Å². The number of hydrogen-bond donors (Lipinski definition) is 2. The Morgan fingerprint density at radius 2 is 1.54 bits per heavy atom. The first-order valence-corrected chi connectivity index (χ1v) is 8.49. The number of amides is 2. The van der Waals surface area contributed by atoms with E-state index in [-0.39, 0.29) is 23.8 Å². The minimum atomic E-state index is -0.277. The van der Waals surface area contributed by atoms with E-state index in [4.69, 9.17) is 0 Å². The van der Waals surface area contributed by atoms with Crippen molar-refractivity contribution in [2.45, 2.75) is 26.2 Å².